The van der Waals surface area contributed by atoms with Gasteiger partial charge in [0.05, 0.1) is 17.2 Å². The van der Waals surface area contributed by atoms with Crippen LogP contribution in [0.2, 0.25) is 0 Å². The Morgan fingerprint density at radius 1 is 1.26 bits per heavy atom. The standard InChI is InChI=1S/C18H18FN3O4S/c1-11-9-14(18-15(23)8-7-13(19)17(11)18)21-22-16(24)10-20-27(25,26)12-5-3-2-4-6-12/h2-8,11,20,23H,9-10H2,1H3,(H,22,24)/b21-14+/t11-/m1/s1. The molecule has 3 N–H and O–H groups in total. The molecule has 1 aliphatic carbocycles. The number of benzene rings is 2. The molecule has 0 bridgehead atoms. The minimum absolute atomic E-state index is 0.0445. The maximum Gasteiger partial charge on any atom is 0.255 e. The van der Waals surface area contributed by atoms with Crippen LogP contribution in [0.5, 0.6) is 5.75 Å². The molecule has 0 heterocycles. The molecule has 1 atom stereocenters. The van der Waals surface area contributed by atoms with Crippen LogP contribution >= 0.6 is 0 Å². The lowest BCUT2D eigenvalue weighted by Crippen LogP contribution is -2.35. The van der Waals surface area contributed by atoms with E-state index in [4.69, 9.17) is 0 Å². The molecule has 1 aliphatic rings. The van der Waals surface area contributed by atoms with Crippen LogP contribution in [0.15, 0.2) is 52.5 Å². The number of nitrogens with one attached hydrogen (secondary N) is 2. The molecular weight excluding hydrogens is 373 g/mol. The van der Waals surface area contributed by atoms with Gasteiger partial charge in [-0.2, -0.15) is 5.10 Å². The van der Waals surface area contributed by atoms with Crippen molar-refractivity contribution >= 4 is 21.6 Å². The summed E-state index contributed by atoms with van der Waals surface area (Å²) in [5.74, 6) is -1.44. The number of hydrazone groups is 1. The molecule has 0 saturated carbocycles. The lowest BCUT2D eigenvalue weighted by molar-refractivity contribution is -0.119. The Balaban J connectivity index is 1.68. The monoisotopic (exact) mass is 391 g/mol. The Labute approximate surface area is 156 Å². The summed E-state index contributed by atoms with van der Waals surface area (Å²) in [6.45, 7) is 1.28. The molecule has 2 aromatic rings. The molecule has 0 saturated heterocycles. The molecule has 7 nitrogen and oxygen atoms in total. The predicted molar refractivity (Wildman–Crippen MR) is 97.4 cm³/mol. The number of phenols is 1. The van der Waals surface area contributed by atoms with Crippen LogP contribution in [0.1, 0.15) is 30.4 Å². The summed E-state index contributed by atoms with van der Waals surface area (Å²) >= 11 is 0. The zero-order valence-electron chi connectivity index (χ0n) is 14.4. The maximum absolute atomic E-state index is 14.0. The molecule has 9 heteroatoms. The number of phenolic OH excluding ortho intramolecular Hbond substituents is 1. The summed E-state index contributed by atoms with van der Waals surface area (Å²) in [5, 5.41) is 13.9. The van der Waals surface area contributed by atoms with E-state index >= 15 is 0 Å². The van der Waals surface area contributed by atoms with Crippen LogP contribution in [-0.4, -0.2) is 31.7 Å². The SMILES string of the molecule is C[C@@H]1C/C(=N\NC(=O)CNS(=O)(=O)c2ccccc2)c2c(O)ccc(F)c21. The fourth-order valence-electron chi connectivity index (χ4n) is 2.98. The van der Waals surface area contributed by atoms with Gasteiger partial charge in [-0.1, -0.05) is 25.1 Å². The Kier molecular flexibility index (Phi) is 5.24. The van der Waals surface area contributed by atoms with Crippen molar-refractivity contribution in [3.05, 3.63) is 59.4 Å². The smallest absolute Gasteiger partial charge is 0.255 e. The van der Waals surface area contributed by atoms with Crippen molar-refractivity contribution in [3.8, 4) is 5.75 Å². The van der Waals surface area contributed by atoms with Crippen molar-refractivity contribution in [1.82, 2.24) is 10.1 Å². The number of amides is 1. The highest BCUT2D eigenvalue weighted by atomic mass is 32.2. The quantitative estimate of drug-likeness (QED) is 0.676. The van der Waals surface area contributed by atoms with E-state index in [1.54, 1.807) is 25.1 Å². The zero-order valence-corrected chi connectivity index (χ0v) is 15.3. The summed E-state index contributed by atoms with van der Waals surface area (Å²) in [4.78, 5) is 12.0. The Morgan fingerprint density at radius 2 is 1.96 bits per heavy atom. The fraction of sp³-hybridized carbons (Fsp3) is 0.222. The largest absolute Gasteiger partial charge is 0.507 e. The van der Waals surface area contributed by atoms with Crippen LogP contribution in [0.25, 0.3) is 0 Å². The molecule has 0 unspecified atom stereocenters. The third kappa shape index (κ3) is 3.99. The van der Waals surface area contributed by atoms with Gasteiger partial charge in [0.1, 0.15) is 11.6 Å². The number of aromatic hydroxyl groups is 1. The maximum atomic E-state index is 14.0. The van der Waals surface area contributed by atoms with Gasteiger partial charge in [-0.05, 0) is 36.6 Å². The lowest BCUT2D eigenvalue weighted by atomic mass is 10.0. The van der Waals surface area contributed by atoms with Gasteiger partial charge in [0.15, 0.2) is 0 Å². The van der Waals surface area contributed by atoms with Crippen LogP contribution in [0.4, 0.5) is 4.39 Å². The molecule has 0 radical (unpaired) electrons. The summed E-state index contributed by atoms with van der Waals surface area (Å²) in [5.41, 5.74) is 3.21. The number of rotatable bonds is 5. The van der Waals surface area contributed by atoms with Crippen molar-refractivity contribution in [1.29, 1.82) is 0 Å². The van der Waals surface area contributed by atoms with Gasteiger partial charge in [-0.25, -0.2) is 23.0 Å². The van der Waals surface area contributed by atoms with Gasteiger partial charge >= 0.3 is 0 Å². The van der Waals surface area contributed by atoms with Crippen molar-refractivity contribution in [3.63, 3.8) is 0 Å². The topological polar surface area (TPSA) is 108 Å². The van der Waals surface area contributed by atoms with E-state index < -0.39 is 28.3 Å². The van der Waals surface area contributed by atoms with E-state index in [0.29, 0.717) is 17.7 Å². The zero-order chi connectivity index (χ0) is 19.6. The minimum Gasteiger partial charge on any atom is -0.507 e. The second kappa shape index (κ2) is 7.45. The van der Waals surface area contributed by atoms with Crippen LogP contribution in [0.3, 0.4) is 0 Å². The minimum atomic E-state index is -3.81. The van der Waals surface area contributed by atoms with Gasteiger partial charge in [-0.15, -0.1) is 0 Å². The van der Waals surface area contributed by atoms with Crippen molar-refractivity contribution in [2.24, 2.45) is 5.10 Å². The number of hydrogen-bond donors (Lipinski definition) is 3. The molecular formula is C18H18FN3O4S. The van der Waals surface area contributed by atoms with E-state index in [0.717, 1.165) is 0 Å². The average molecular weight is 391 g/mol. The molecule has 0 spiro atoms. The molecule has 1 amide bonds. The molecule has 2 aromatic carbocycles. The van der Waals surface area contributed by atoms with E-state index in [9.17, 15) is 22.7 Å². The van der Waals surface area contributed by atoms with E-state index in [1.165, 1.54) is 24.3 Å². The van der Waals surface area contributed by atoms with Gasteiger partial charge in [-0.3, -0.25) is 4.79 Å². The van der Waals surface area contributed by atoms with E-state index in [-0.39, 0.29) is 22.1 Å². The first-order valence-corrected chi connectivity index (χ1v) is 9.69. The first-order valence-electron chi connectivity index (χ1n) is 8.21. The van der Waals surface area contributed by atoms with Gasteiger partial charge in [0.2, 0.25) is 10.0 Å². The number of halogens is 1. The highest BCUT2D eigenvalue weighted by Crippen LogP contribution is 2.39. The summed E-state index contributed by atoms with van der Waals surface area (Å²) in [6.07, 6.45) is 0.347. The first kappa shape index (κ1) is 19.0. The Bertz CT molecular complexity index is 1010. The van der Waals surface area contributed by atoms with Crippen LogP contribution < -0.4 is 10.1 Å². The van der Waals surface area contributed by atoms with Crippen LogP contribution in [-0.2, 0) is 14.8 Å². The molecule has 142 valence electrons. The summed E-state index contributed by atoms with van der Waals surface area (Å²) in [7, 11) is -3.81. The predicted octanol–water partition coefficient (Wildman–Crippen LogP) is 1.84. The lowest BCUT2D eigenvalue weighted by Gasteiger charge is -2.07. The number of nitrogens with zero attached hydrogens (tertiary/aromatic N) is 1. The second-order valence-corrected chi connectivity index (χ2v) is 7.96. The first-order chi connectivity index (χ1) is 12.8. The van der Waals surface area contributed by atoms with Gasteiger partial charge < -0.3 is 5.11 Å². The van der Waals surface area contributed by atoms with Crippen molar-refractivity contribution < 1.29 is 22.7 Å². The third-order valence-corrected chi connectivity index (χ3v) is 5.66. The van der Waals surface area contributed by atoms with E-state index in [2.05, 4.69) is 15.2 Å². The Hall–Kier alpha value is -2.78. The van der Waals surface area contributed by atoms with Crippen molar-refractivity contribution in [2.45, 2.75) is 24.2 Å². The molecule has 0 aromatic heterocycles. The molecule has 0 aliphatic heterocycles. The van der Waals surface area contributed by atoms with Crippen molar-refractivity contribution in [2.75, 3.05) is 6.54 Å². The number of fused-ring (bicyclic) bond motifs is 1. The third-order valence-electron chi connectivity index (χ3n) is 4.24. The van der Waals surface area contributed by atoms with E-state index in [1.807, 2.05) is 0 Å². The Morgan fingerprint density at radius 3 is 2.67 bits per heavy atom. The average Bonchev–Trinajstić information content (AvgIpc) is 3.00. The number of sulfonamides is 1. The number of hydrogen-bond acceptors (Lipinski definition) is 5. The molecule has 3 rings (SSSR count). The molecule has 0 fully saturated rings. The van der Waals surface area contributed by atoms with Crippen LogP contribution in [0, 0.1) is 5.82 Å². The second-order valence-electron chi connectivity index (χ2n) is 6.19. The molecule has 27 heavy (non-hydrogen) atoms. The summed E-state index contributed by atoms with van der Waals surface area (Å²) < 4.78 is 40.3. The fourth-order valence-corrected chi connectivity index (χ4v) is 3.98. The number of carbonyl (C=O) groups excluding carboxylic acids is 1. The highest BCUT2D eigenvalue weighted by molar-refractivity contribution is 7.89. The number of carbonyl (C=O) groups is 1. The normalized spacial score (nSPS) is 17.7. The highest BCUT2D eigenvalue weighted by Gasteiger charge is 2.30. The summed E-state index contributed by atoms with van der Waals surface area (Å²) in [6, 6.07) is 10.1. The van der Waals surface area contributed by atoms with Gasteiger partial charge in [0, 0.05) is 11.1 Å². The van der Waals surface area contributed by atoms with Gasteiger partial charge in [0.25, 0.3) is 5.91 Å².